The van der Waals surface area contributed by atoms with E-state index in [0.29, 0.717) is 0 Å². The fourth-order valence-corrected chi connectivity index (χ4v) is 1.08. The van der Waals surface area contributed by atoms with Crippen LogP contribution in [0.5, 0.6) is 0 Å². The van der Waals surface area contributed by atoms with E-state index < -0.39 is 0 Å². The first kappa shape index (κ1) is 10.5. The topological polar surface area (TPSA) is 3.24 Å². The molecule has 0 heterocycles. The molecular weight excluding hydrogens is 134 g/mol. The fraction of sp³-hybridized carbons (Fsp3) is 0.800. The lowest BCUT2D eigenvalue weighted by atomic mass is 10.1. The van der Waals surface area contributed by atoms with E-state index in [1.54, 1.807) is 0 Å². The molecule has 0 atom stereocenters. The summed E-state index contributed by atoms with van der Waals surface area (Å²) in [6, 6.07) is 0. The highest BCUT2D eigenvalue weighted by Gasteiger charge is 1.94. The highest BCUT2D eigenvalue weighted by molar-refractivity contribution is 4.75. The maximum Gasteiger partial charge on any atom is 0.0169 e. The molecule has 0 aliphatic rings. The van der Waals surface area contributed by atoms with Crippen molar-refractivity contribution in [1.29, 1.82) is 0 Å². The highest BCUT2D eigenvalue weighted by Crippen LogP contribution is 2.03. The molecule has 0 amide bonds. The van der Waals surface area contributed by atoms with Crippen LogP contribution < -0.4 is 0 Å². The Kier molecular flexibility index (Phi) is 6.00. The molecule has 0 aromatic rings. The van der Waals surface area contributed by atoms with Crippen molar-refractivity contribution in [2.75, 3.05) is 13.6 Å². The van der Waals surface area contributed by atoms with Gasteiger partial charge in [0, 0.05) is 13.6 Å². The summed E-state index contributed by atoms with van der Waals surface area (Å²) in [6.07, 6.45) is 6.84. The van der Waals surface area contributed by atoms with E-state index in [-0.39, 0.29) is 0 Å². The van der Waals surface area contributed by atoms with Gasteiger partial charge in [0.15, 0.2) is 0 Å². The van der Waals surface area contributed by atoms with Gasteiger partial charge in [-0.25, -0.2) is 0 Å². The number of allylic oxidation sites excluding steroid dienone is 1. The molecular formula is C10H21N. The van der Waals surface area contributed by atoms with Crippen LogP contribution in [0, 0.1) is 5.92 Å². The maximum atomic E-state index is 2.27. The number of hydrogen-bond acceptors (Lipinski definition) is 1. The second-order valence-corrected chi connectivity index (χ2v) is 3.50. The quantitative estimate of drug-likeness (QED) is 0.590. The molecule has 0 radical (unpaired) electrons. The Bertz CT molecular complexity index is 105. The summed E-state index contributed by atoms with van der Waals surface area (Å²) in [6.45, 7) is 7.78. The fourth-order valence-electron chi connectivity index (χ4n) is 1.08. The molecule has 66 valence electrons. The Hall–Kier alpha value is -0.460. The molecule has 0 aliphatic heterocycles. The molecule has 11 heavy (non-hydrogen) atoms. The normalized spacial score (nSPS) is 11.4. The van der Waals surface area contributed by atoms with Crippen molar-refractivity contribution in [2.45, 2.75) is 33.6 Å². The molecule has 0 rings (SSSR count). The lowest BCUT2D eigenvalue weighted by Crippen LogP contribution is -2.12. The Balaban J connectivity index is 3.24. The van der Waals surface area contributed by atoms with Crippen LogP contribution in [0.25, 0.3) is 0 Å². The third kappa shape index (κ3) is 7.44. The van der Waals surface area contributed by atoms with E-state index in [2.05, 4.69) is 45.0 Å². The average molecular weight is 155 g/mol. The minimum absolute atomic E-state index is 0.842. The number of hydrogen-bond donors (Lipinski definition) is 0. The molecule has 0 aromatic carbocycles. The first-order valence-corrected chi connectivity index (χ1v) is 4.50. The van der Waals surface area contributed by atoms with Crippen molar-refractivity contribution < 1.29 is 0 Å². The van der Waals surface area contributed by atoms with Gasteiger partial charge in [0.25, 0.3) is 0 Å². The summed E-state index contributed by atoms with van der Waals surface area (Å²) in [4.78, 5) is 2.24. The number of rotatable bonds is 5. The summed E-state index contributed by atoms with van der Waals surface area (Å²) >= 11 is 0. The summed E-state index contributed by atoms with van der Waals surface area (Å²) in [5.74, 6) is 0.842. The van der Waals surface area contributed by atoms with E-state index >= 15 is 0 Å². The minimum atomic E-state index is 0.842. The van der Waals surface area contributed by atoms with Crippen LogP contribution in [0.4, 0.5) is 0 Å². The van der Waals surface area contributed by atoms with Gasteiger partial charge in [-0.2, -0.15) is 0 Å². The monoisotopic (exact) mass is 155 g/mol. The first-order valence-electron chi connectivity index (χ1n) is 4.50. The molecule has 0 aromatic heterocycles. The van der Waals surface area contributed by atoms with Crippen LogP contribution in [-0.2, 0) is 0 Å². The molecule has 0 bridgehead atoms. The molecule has 0 unspecified atom stereocenters. The molecule has 1 nitrogen and oxygen atoms in total. The van der Waals surface area contributed by atoms with Gasteiger partial charge in [-0.15, -0.1) is 0 Å². The predicted octanol–water partition coefficient (Wildman–Crippen LogP) is 2.89. The maximum absolute atomic E-state index is 2.27. The van der Waals surface area contributed by atoms with Gasteiger partial charge < -0.3 is 4.90 Å². The van der Waals surface area contributed by atoms with Crippen molar-refractivity contribution in [3.05, 3.63) is 12.3 Å². The second-order valence-electron chi connectivity index (χ2n) is 3.50. The van der Waals surface area contributed by atoms with Crippen molar-refractivity contribution in [3.63, 3.8) is 0 Å². The van der Waals surface area contributed by atoms with Crippen LogP contribution in [0.15, 0.2) is 12.3 Å². The Morgan fingerprint density at radius 2 is 2.00 bits per heavy atom. The molecule has 0 N–H and O–H groups in total. The third-order valence-corrected chi connectivity index (χ3v) is 1.70. The van der Waals surface area contributed by atoms with Crippen molar-refractivity contribution in [1.82, 2.24) is 4.90 Å². The standard InChI is InChI=1S/C10H21N/c1-5-8-11(4)9-6-7-10(2)3/h5,8,10H,6-7,9H2,1-4H3/b8-5-. The lowest BCUT2D eigenvalue weighted by Gasteiger charge is -2.13. The number of nitrogens with zero attached hydrogens (tertiary/aromatic N) is 1. The van der Waals surface area contributed by atoms with Gasteiger partial charge in [-0.1, -0.05) is 19.9 Å². The SMILES string of the molecule is C/C=C\N(C)CCCC(C)C. The Morgan fingerprint density at radius 1 is 1.36 bits per heavy atom. The summed E-state index contributed by atoms with van der Waals surface area (Å²) in [5.41, 5.74) is 0. The highest BCUT2D eigenvalue weighted by atomic mass is 15.1. The van der Waals surface area contributed by atoms with Crippen LogP contribution in [-0.4, -0.2) is 18.5 Å². The average Bonchev–Trinajstić information content (AvgIpc) is 1.87. The Labute approximate surface area is 71.1 Å². The van der Waals surface area contributed by atoms with Gasteiger partial charge >= 0.3 is 0 Å². The van der Waals surface area contributed by atoms with Gasteiger partial charge in [0.1, 0.15) is 0 Å². The second kappa shape index (κ2) is 6.26. The van der Waals surface area contributed by atoms with Gasteiger partial charge in [-0.3, -0.25) is 0 Å². The van der Waals surface area contributed by atoms with E-state index in [4.69, 9.17) is 0 Å². The zero-order chi connectivity index (χ0) is 8.69. The molecule has 0 fully saturated rings. The summed E-state index contributed by atoms with van der Waals surface area (Å²) in [5, 5.41) is 0. The molecule has 0 saturated heterocycles. The molecule has 0 spiro atoms. The third-order valence-electron chi connectivity index (χ3n) is 1.70. The minimum Gasteiger partial charge on any atom is -0.381 e. The predicted molar refractivity (Wildman–Crippen MR) is 51.5 cm³/mol. The molecule has 0 saturated carbocycles. The van der Waals surface area contributed by atoms with E-state index in [1.807, 2.05) is 0 Å². The smallest absolute Gasteiger partial charge is 0.0169 e. The van der Waals surface area contributed by atoms with E-state index in [1.165, 1.54) is 19.4 Å². The lowest BCUT2D eigenvalue weighted by molar-refractivity contribution is 0.413. The summed E-state index contributed by atoms with van der Waals surface area (Å²) < 4.78 is 0. The van der Waals surface area contributed by atoms with E-state index in [0.717, 1.165) is 5.92 Å². The molecule has 0 aliphatic carbocycles. The van der Waals surface area contributed by atoms with Gasteiger partial charge in [0.2, 0.25) is 0 Å². The van der Waals surface area contributed by atoms with Crippen molar-refractivity contribution in [3.8, 4) is 0 Å². The first-order chi connectivity index (χ1) is 5.16. The van der Waals surface area contributed by atoms with E-state index in [9.17, 15) is 0 Å². The van der Waals surface area contributed by atoms with Crippen LogP contribution >= 0.6 is 0 Å². The zero-order valence-corrected chi connectivity index (χ0v) is 8.30. The van der Waals surface area contributed by atoms with Gasteiger partial charge in [0.05, 0.1) is 0 Å². The Morgan fingerprint density at radius 3 is 2.45 bits per heavy atom. The van der Waals surface area contributed by atoms with Crippen LogP contribution in [0.1, 0.15) is 33.6 Å². The van der Waals surface area contributed by atoms with Gasteiger partial charge in [-0.05, 0) is 31.9 Å². The van der Waals surface area contributed by atoms with Crippen LogP contribution in [0.2, 0.25) is 0 Å². The van der Waals surface area contributed by atoms with Crippen LogP contribution in [0.3, 0.4) is 0 Å². The largest absolute Gasteiger partial charge is 0.381 e. The van der Waals surface area contributed by atoms with Crippen molar-refractivity contribution in [2.24, 2.45) is 5.92 Å². The van der Waals surface area contributed by atoms with Crippen molar-refractivity contribution >= 4 is 0 Å². The zero-order valence-electron chi connectivity index (χ0n) is 8.30. The molecule has 1 heteroatoms. The summed E-state index contributed by atoms with van der Waals surface area (Å²) in [7, 11) is 2.13.